The first-order valence-corrected chi connectivity index (χ1v) is 11.2. The average molecular weight is 452 g/mol. The number of likely N-dealkylation sites (tertiary alicyclic amines) is 1. The van der Waals surface area contributed by atoms with Crippen molar-refractivity contribution in [3.05, 3.63) is 60.2 Å². The van der Waals surface area contributed by atoms with E-state index >= 15 is 0 Å². The molecule has 2 aromatic rings. The van der Waals surface area contributed by atoms with Gasteiger partial charge in [0.15, 0.2) is 0 Å². The van der Waals surface area contributed by atoms with Gasteiger partial charge in [0.2, 0.25) is 11.8 Å². The third-order valence-electron chi connectivity index (χ3n) is 6.07. The summed E-state index contributed by atoms with van der Waals surface area (Å²) in [5.41, 5.74) is 8.69. The van der Waals surface area contributed by atoms with Crippen molar-refractivity contribution in [2.75, 3.05) is 6.54 Å². The smallest absolute Gasteiger partial charge is 0.243 e. The van der Waals surface area contributed by atoms with E-state index in [1.54, 1.807) is 0 Å². The highest BCUT2D eigenvalue weighted by Gasteiger charge is 2.43. The molecule has 0 spiro atoms. The molecule has 176 valence electrons. The SMILES string of the molecule is CC(C)(C)C(N)C(=O)N1C[C@H](O)C[C@H]1C(=O)N[C@@H](C=O)Cc1ccc(-c2ccccc2)cc1. The molecule has 1 aliphatic rings. The Morgan fingerprint density at radius 3 is 2.30 bits per heavy atom. The lowest BCUT2D eigenvalue weighted by Crippen LogP contribution is -2.56. The van der Waals surface area contributed by atoms with Gasteiger partial charge in [0, 0.05) is 13.0 Å². The van der Waals surface area contributed by atoms with Crippen LogP contribution in [0.1, 0.15) is 32.8 Å². The van der Waals surface area contributed by atoms with Gasteiger partial charge in [-0.3, -0.25) is 9.59 Å². The fraction of sp³-hybridized carbons (Fsp3) is 0.423. The van der Waals surface area contributed by atoms with Crippen LogP contribution in [0.5, 0.6) is 0 Å². The summed E-state index contributed by atoms with van der Waals surface area (Å²) in [6.45, 7) is 5.60. The van der Waals surface area contributed by atoms with Crippen LogP contribution < -0.4 is 11.1 Å². The zero-order valence-electron chi connectivity index (χ0n) is 19.4. The van der Waals surface area contributed by atoms with Crippen molar-refractivity contribution in [2.45, 2.75) is 57.8 Å². The summed E-state index contributed by atoms with van der Waals surface area (Å²) in [7, 11) is 0. The lowest BCUT2D eigenvalue weighted by Gasteiger charge is -2.32. The van der Waals surface area contributed by atoms with E-state index in [1.807, 2.05) is 75.4 Å². The molecule has 7 heteroatoms. The Morgan fingerprint density at radius 2 is 1.73 bits per heavy atom. The maximum absolute atomic E-state index is 13.0. The van der Waals surface area contributed by atoms with Crippen molar-refractivity contribution in [3.63, 3.8) is 0 Å². The maximum Gasteiger partial charge on any atom is 0.243 e. The van der Waals surface area contributed by atoms with Gasteiger partial charge in [-0.1, -0.05) is 75.4 Å². The molecule has 4 N–H and O–H groups in total. The van der Waals surface area contributed by atoms with Crippen molar-refractivity contribution in [3.8, 4) is 11.1 Å². The molecule has 1 heterocycles. The number of hydrogen-bond acceptors (Lipinski definition) is 5. The van der Waals surface area contributed by atoms with Gasteiger partial charge in [0.05, 0.1) is 18.2 Å². The van der Waals surface area contributed by atoms with Crippen molar-refractivity contribution < 1.29 is 19.5 Å². The molecule has 0 aromatic heterocycles. The number of amides is 2. The van der Waals surface area contributed by atoms with Crippen LogP contribution in [0, 0.1) is 5.41 Å². The summed E-state index contributed by atoms with van der Waals surface area (Å²) < 4.78 is 0. The van der Waals surface area contributed by atoms with E-state index in [0.29, 0.717) is 12.7 Å². The first-order valence-electron chi connectivity index (χ1n) is 11.2. The van der Waals surface area contributed by atoms with Crippen LogP contribution in [-0.2, 0) is 20.8 Å². The quantitative estimate of drug-likeness (QED) is 0.557. The highest BCUT2D eigenvalue weighted by Crippen LogP contribution is 2.25. The molecule has 1 aliphatic heterocycles. The number of nitrogens with zero attached hydrogens (tertiary/aromatic N) is 1. The number of aldehydes is 1. The third kappa shape index (κ3) is 6.06. The number of carbonyl (C=O) groups is 3. The Kier molecular flexibility index (Phi) is 7.66. The zero-order chi connectivity index (χ0) is 24.2. The fourth-order valence-corrected chi connectivity index (χ4v) is 3.98. The molecular formula is C26H33N3O4. The highest BCUT2D eigenvalue weighted by atomic mass is 16.3. The molecule has 3 rings (SSSR count). The lowest BCUT2D eigenvalue weighted by atomic mass is 9.86. The van der Waals surface area contributed by atoms with E-state index in [1.165, 1.54) is 4.90 Å². The van der Waals surface area contributed by atoms with Gasteiger partial charge in [-0.2, -0.15) is 0 Å². The number of β-amino-alcohol motifs (C(OH)–C–C–N with tert-alkyl or cyclic N) is 1. The van der Waals surface area contributed by atoms with E-state index in [0.717, 1.165) is 16.7 Å². The molecule has 0 radical (unpaired) electrons. The number of hydrogen-bond donors (Lipinski definition) is 3. The monoisotopic (exact) mass is 451 g/mol. The molecule has 0 saturated carbocycles. The normalized spacial score (nSPS) is 20.2. The molecule has 4 atom stereocenters. The molecule has 1 unspecified atom stereocenters. The van der Waals surface area contributed by atoms with E-state index in [2.05, 4.69) is 5.32 Å². The number of aliphatic hydroxyl groups is 1. The summed E-state index contributed by atoms with van der Waals surface area (Å²) in [5.74, 6) is -0.836. The van der Waals surface area contributed by atoms with Gasteiger partial charge in [-0.15, -0.1) is 0 Å². The molecule has 1 saturated heterocycles. The number of nitrogens with two attached hydrogens (primary N) is 1. The minimum Gasteiger partial charge on any atom is -0.391 e. The Morgan fingerprint density at radius 1 is 1.12 bits per heavy atom. The van der Waals surface area contributed by atoms with Crippen molar-refractivity contribution in [1.29, 1.82) is 0 Å². The Hall–Kier alpha value is -3.03. The van der Waals surface area contributed by atoms with E-state index < -0.39 is 35.6 Å². The van der Waals surface area contributed by atoms with Gasteiger partial charge in [-0.25, -0.2) is 0 Å². The van der Waals surface area contributed by atoms with Gasteiger partial charge in [0.25, 0.3) is 0 Å². The average Bonchev–Trinajstić information content (AvgIpc) is 3.19. The van der Waals surface area contributed by atoms with E-state index in [9.17, 15) is 19.5 Å². The minimum atomic E-state index is -0.858. The Bertz CT molecular complexity index is 969. The van der Waals surface area contributed by atoms with Gasteiger partial charge in [-0.05, 0) is 28.5 Å². The van der Waals surface area contributed by atoms with Gasteiger partial charge >= 0.3 is 0 Å². The van der Waals surface area contributed by atoms with Crippen LogP contribution in [-0.4, -0.2) is 58.9 Å². The molecule has 1 fully saturated rings. The topological polar surface area (TPSA) is 113 Å². The summed E-state index contributed by atoms with van der Waals surface area (Å²) >= 11 is 0. The van der Waals surface area contributed by atoms with Crippen molar-refractivity contribution in [1.82, 2.24) is 10.2 Å². The van der Waals surface area contributed by atoms with Crippen molar-refractivity contribution in [2.24, 2.45) is 11.1 Å². The first kappa shape index (κ1) is 24.6. The minimum absolute atomic E-state index is 0.0490. The number of benzene rings is 2. The van der Waals surface area contributed by atoms with Crippen LogP contribution in [0.25, 0.3) is 11.1 Å². The van der Waals surface area contributed by atoms with Crippen LogP contribution >= 0.6 is 0 Å². The molecule has 0 aliphatic carbocycles. The highest BCUT2D eigenvalue weighted by molar-refractivity contribution is 5.91. The van der Waals surface area contributed by atoms with Gasteiger partial charge in [0.1, 0.15) is 12.3 Å². The molecule has 0 bridgehead atoms. The second-order valence-electron chi connectivity index (χ2n) is 9.76. The second-order valence-corrected chi connectivity index (χ2v) is 9.76. The predicted octanol–water partition coefficient (Wildman–Crippen LogP) is 1.92. The third-order valence-corrected chi connectivity index (χ3v) is 6.07. The molecular weight excluding hydrogens is 418 g/mol. The molecule has 7 nitrogen and oxygen atoms in total. The molecule has 2 amide bonds. The lowest BCUT2D eigenvalue weighted by molar-refractivity contribution is -0.141. The van der Waals surface area contributed by atoms with Crippen LogP contribution in [0.2, 0.25) is 0 Å². The summed E-state index contributed by atoms with van der Waals surface area (Å²) in [5, 5.41) is 12.8. The van der Waals surface area contributed by atoms with Crippen LogP contribution in [0.15, 0.2) is 54.6 Å². The van der Waals surface area contributed by atoms with Crippen molar-refractivity contribution >= 4 is 18.1 Å². The van der Waals surface area contributed by atoms with E-state index in [-0.39, 0.29) is 18.9 Å². The maximum atomic E-state index is 13.0. The number of rotatable bonds is 7. The second kappa shape index (κ2) is 10.3. The zero-order valence-corrected chi connectivity index (χ0v) is 19.4. The van der Waals surface area contributed by atoms with E-state index in [4.69, 9.17) is 5.73 Å². The molecule has 33 heavy (non-hydrogen) atoms. The summed E-state index contributed by atoms with van der Waals surface area (Å²) in [4.78, 5) is 38.9. The summed E-state index contributed by atoms with van der Waals surface area (Å²) in [6, 6.07) is 15.4. The number of aliphatic hydroxyl groups excluding tert-OH is 1. The Balaban J connectivity index is 1.66. The van der Waals surface area contributed by atoms with Gasteiger partial charge < -0.3 is 25.9 Å². The largest absolute Gasteiger partial charge is 0.391 e. The Labute approximate surface area is 195 Å². The number of carbonyl (C=O) groups excluding carboxylic acids is 3. The first-order chi connectivity index (χ1) is 15.6. The standard InChI is InChI=1S/C26H33N3O4/c1-26(2,3)23(27)25(33)29-15-21(31)14-22(29)24(32)28-20(16-30)13-17-9-11-19(12-10-17)18-7-5-4-6-8-18/h4-12,16,20-23,31H,13-15,27H2,1-3H3,(H,28,32)/t20-,21-,22+,23?/m1/s1. The van der Waals surface area contributed by atoms with Crippen LogP contribution in [0.3, 0.4) is 0 Å². The fourth-order valence-electron chi connectivity index (χ4n) is 3.98. The molecule has 2 aromatic carbocycles. The predicted molar refractivity (Wildman–Crippen MR) is 127 cm³/mol. The van der Waals surface area contributed by atoms with Crippen LogP contribution in [0.4, 0.5) is 0 Å². The summed E-state index contributed by atoms with van der Waals surface area (Å²) in [6.07, 6.45) is 0.333. The number of nitrogens with one attached hydrogen (secondary N) is 1.